The molecular weight excluding hydrogens is 396 g/mol. The Morgan fingerprint density at radius 3 is 1.96 bits per heavy atom. The topological polar surface area (TPSA) is 208 Å². The molecule has 4 unspecified atom stereocenters. The third kappa shape index (κ3) is 9.53. The summed E-state index contributed by atoms with van der Waals surface area (Å²) in [7, 11) is 0. The van der Waals surface area contributed by atoms with Crippen molar-refractivity contribution in [2.75, 3.05) is 18.6 Å². The highest BCUT2D eigenvalue weighted by atomic mass is 32.2. The van der Waals surface area contributed by atoms with Crippen molar-refractivity contribution in [3.05, 3.63) is 0 Å². The number of carboxylic acids is 2. The molecule has 3 amide bonds. The van der Waals surface area contributed by atoms with Gasteiger partial charge in [0.15, 0.2) is 0 Å². The minimum Gasteiger partial charge on any atom is -0.481 e. The first-order valence-corrected chi connectivity index (χ1v) is 9.63. The average Bonchev–Trinajstić information content (AvgIpc) is 2.61. The van der Waals surface area contributed by atoms with Crippen LogP contribution in [0, 0.1) is 0 Å². The average molecular weight is 422 g/mol. The van der Waals surface area contributed by atoms with E-state index in [4.69, 9.17) is 15.9 Å². The molecular formula is C15H26N4O8S. The second-order valence-corrected chi connectivity index (χ2v) is 6.84. The molecule has 0 aliphatic rings. The molecule has 160 valence electrons. The lowest BCUT2D eigenvalue weighted by atomic mass is 10.1. The van der Waals surface area contributed by atoms with Crippen LogP contribution in [0.2, 0.25) is 0 Å². The number of aliphatic carboxylic acids is 2. The normalized spacial score (nSPS) is 14.9. The Bertz CT molecular complexity index is 588. The highest BCUT2D eigenvalue weighted by molar-refractivity contribution is 7.98. The predicted octanol–water partition coefficient (Wildman–Crippen LogP) is -2.91. The summed E-state index contributed by atoms with van der Waals surface area (Å²) < 4.78 is 0. The summed E-state index contributed by atoms with van der Waals surface area (Å²) in [5, 5.41) is 33.5. The molecule has 0 rings (SSSR count). The molecule has 0 aliphatic carbocycles. The molecule has 8 N–H and O–H groups in total. The summed E-state index contributed by atoms with van der Waals surface area (Å²) in [5.41, 5.74) is 5.46. The number of hydrogen-bond donors (Lipinski definition) is 7. The molecule has 0 aromatic rings. The van der Waals surface area contributed by atoms with E-state index in [0.717, 1.165) is 0 Å². The zero-order chi connectivity index (χ0) is 21.9. The highest BCUT2D eigenvalue weighted by Crippen LogP contribution is 2.03. The Hall–Kier alpha value is -2.38. The van der Waals surface area contributed by atoms with E-state index in [0.29, 0.717) is 5.75 Å². The molecule has 0 bridgehead atoms. The Morgan fingerprint density at radius 1 is 0.964 bits per heavy atom. The first kappa shape index (κ1) is 25.6. The lowest BCUT2D eigenvalue weighted by molar-refractivity contribution is -0.142. The monoisotopic (exact) mass is 422 g/mol. The Kier molecular flexibility index (Phi) is 11.8. The van der Waals surface area contributed by atoms with Gasteiger partial charge in [-0.15, -0.1) is 0 Å². The second-order valence-electron chi connectivity index (χ2n) is 5.86. The quantitative estimate of drug-likeness (QED) is 0.161. The van der Waals surface area contributed by atoms with Crippen LogP contribution in [0.1, 0.15) is 19.8 Å². The summed E-state index contributed by atoms with van der Waals surface area (Å²) in [6.07, 6.45) is 1.30. The van der Waals surface area contributed by atoms with E-state index in [1.807, 2.05) is 0 Å². The van der Waals surface area contributed by atoms with Gasteiger partial charge in [0.2, 0.25) is 17.7 Å². The standard InChI is InChI=1S/C15H26N4O8S/c1-7(15(26)27)17-14(25)10(6-20)19-13(24)9(3-4-28-2)18-12(23)8(16)5-11(21)22/h7-10,20H,3-6,16H2,1-2H3,(H,17,25)(H,18,23)(H,19,24)(H,21,22)(H,26,27). The molecule has 28 heavy (non-hydrogen) atoms. The van der Waals surface area contributed by atoms with Crippen molar-refractivity contribution in [2.24, 2.45) is 5.73 Å². The van der Waals surface area contributed by atoms with Crippen LogP contribution in [0.5, 0.6) is 0 Å². The second kappa shape index (κ2) is 12.9. The SMILES string of the molecule is CSCCC(NC(=O)C(N)CC(=O)O)C(=O)NC(CO)C(=O)NC(C)C(=O)O. The van der Waals surface area contributed by atoms with Crippen molar-refractivity contribution in [3.8, 4) is 0 Å². The van der Waals surface area contributed by atoms with E-state index >= 15 is 0 Å². The number of carbonyl (C=O) groups excluding carboxylic acids is 3. The van der Waals surface area contributed by atoms with E-state index in [9.17, 15) is 29.1 Å². The van der Waals surface area contributed by atoms with Crippen molar-refractivity contribution in [2.45, 2.75) is 43.9 Å². The van der Waals surface area contributed by atoms with Gasteiger partial charge in [0.1, 0.15) is 18.1 Å². The molecule has 0 fully saturated rings. The lowest BCUT2D eigenvalue weighted by Crippen LogP contribution is -2.58. The van der Waals surface area contributed by atoms with Crippen LogP contribution in [0.25, 0.3) is 0 Å². The molecule has 0 saturated heterocycles. The highest BCUT2D eigenvalue weighted by Gasteiger charge is 2.29. The molecule has 12 nitrogen and oxygen atoms in total. The molecule has 0 radical (unpaired) electrons. The molecule has 0 aromatic carbocycles. The molecule has 0 heterocycles. The molecule has 0 spiro atoms. The number of amides is 3. The number of aliphatic hydroxyl groups is 1. The van der Waals surface area contributed by atoms with Gasteiger partial charge in [0, 0.05) is 0 Å². The number of hydrogen-bond acceptors (Lipinski definition) is 8. The number of nitrogens with two attached hydrogens (primary N) is 1. The maximum absolute atomic E-state index is 12.4. The van der Waals surface area contributed by atoms with Crippen LogP contribution < -0.4 is 21.7 Å². The molecule has 4 atom stereocenters. The zero-order valence-corrected chi connectivity index (χ0v) is 16.3. The summed E-state index contributed by atoms with van der Waals surface area (Å²) in [6.45, 7) is 0.410. The summed E-state index contributed by atoms with van der Waals surface area (Å²) in [6, 6.07) is -5.16. The third-order valence-electron chi connectivity index (χ3n) is 3.52. The smallest absolute Gasteiger partial charge is 0.325 e. The van der Waals surface area contributed by atoms with E-state index < -0.39 is 66.9 Å². The minimum absolute atomic E-state index is 0.157. The zero-order valence-electron chi connectivity index (χ0n) is 15.5. The van der Waals surface area contributed by atoms with Gasteiger partial charge >= 0.3 is 11.9 Å². The van der Waals surface area contributed by atoms with Crippen LogP contribution >= 0.6 is 11.8 Å². The number of thioether (sulfide) groups is 1. The van der Waals surface area contributed by atoms with Gasteiger partial charge < -0.3 is 37.0 Å². The first-order chi connectivity index (χ1) is 13.0. The Balaban J connectivity index is 5.06. The van der Waals surface area contributed by atoms with Gasteiger partial charge in [0.05, 0.1) is 19.1 Å². The fourth-order valence-corrected chi connectivity index (χ4v) is 2.38. The lowest BCUT2D eigenvalue weighted by Gasteiger charge is -2.23. The van der Waals surface area contributed by atoms with E-state index in [-0.39, 0.29) is 6.42 Å². The molecule has 13 heteroatoms. The van der Waals surface area contributed by atoms with E-state index in [1.165, 1.54) is 18.7 Å². The molecule has 0 aromatic heterocycles. The van der Waals surface area contributed by atoms with E-state index in [1.54, 1.807) is 6.26 Å². The Labute approximate surface area is 165 Å². The van der Waals surface area contributed by atoms with Gasteiger partial charge in [0.25, 0.3) is 0 Å². The maximum Gasteiger partial charge on any atom is 0.325 e. The summed E-state index contributed by atoms with van der Waals surface area (Å²) in [5.74, 6) is -4.69. The van der Waals surface area contributed by atoms with Crippen molar-refractivity contribution >= 4 is 41.4 Å². The largest absolute Gasteiger partial charge is 0.481 e. The van der Waals surface area contributed by atoms with Gasteiger partial charge in [-0.3, -0.25) is 24.0 Å². The number of aliphatic hydroxyl groups excluding tert-OH is 1. The fraction of sp³-hybridized carbons (Fsp3) is 0.667. The minimum atomic E-state index is -1.43. The van der Waals surface area contributed by atoms with Gasteiger partial charge in [-0.2, -0.15) is 11.8 Å². The number of nitrogens with one attached hydrogen (secondary N) is 3. The van der Waals surface area contributed by atoms with Crippen molar-refractivity contribution < 1.29 is 39.3 Å². The van der Waals surface area contributed by atoms with Crippen molar-refractivity contribution in [1.82, 2.24) is 16.0 Å². The van der Waals surface area contributed by atoms with Gasteiger partial charge in [-0.25, -0.2) is 0 Å². The number of carbonyl (C=O) groups is 5. The number of rotatable bonds is 13. The number of carboxylic acid groups (broad SMARTS) is 2. The van der Waals surface area contributed by atoms with Crippen LogP contribution in [0.3, 0.4) is 0 Å². The molecule has 0 aliphatic heterocycles. The molecule has 0 saturated carbocycles. The Morgan fingerprint density at radius 2 is 1.50 bits per heavy atom. The van der Waals surface area contributed by atoms with Gasteiger partial charge in [-0.05, 0) is 25.4 Å². The summed E-state index contributed by atoms with van der Waals surface area (Å²) in [4.78, 5) is 57.8. The van der Waals surface area contributed by atoms with Crippen LogP contribution in [0.15, 0.2) is 0 Å². The van der Waals surface area contributed by atoms with Crippen LogP contribution in [-0.4, -0.2) is 87.8 Å². The fourth-order valence-electron chi connectivity index (χ4n) is 1.91. The predicted molar refractivity (Wildman–Crippen MR) is 99.4 cm³/mol. The van der Waals surface area contributed by atoms with E-state index in [2.05, 4.69) is 16.0 Å². The van der Waals surface area contributed by atoms with Crippen LogP contribution in [0.4, 0.5) is 0 Å². The summed E-state index contributed by atoms with van der Waals surface area (Å²) >= 11 is 1.39. The van der Waals surface area contributed by atoms with Crippen molar-refractivity contribution in [1.29, 1.82) is 0 Å². The van der Waals surface area contributed by atoms with Crippen molar-refractivity contribution in [3.63, 3.8) is 0 Å². The van der Waals surface area contributed by atoms with Gasteiger partial charge in [-0.1, -0.05) is 0 Å². The van der Waals surface area contributed by atoms with Crippen LogP contribution in [-0.2, 0) is 24.0 Å². The third-order valence-corrected chi connectivity index (χ3v) is 4.16. The maximum atomic E-state index is 12.4. The first-order valence-electron chi connectivity index (χ1n) is 8.24.